The summed E-state index contributed by atoms with van der Waals surface area (Å²) in [6.45, 7) is 2.74. The van der Waals surface area contributed by atoms with Crippen LogP contribution in [0.3, 0.4) is 0 Å². The second-order valence-electron chi connectivity index (χ2n) is 5.41. The van der Waals surface area contributed by atoms with E-state index in [9.17, 15) is 4.79 Å². The average molecular weight is 277 g/mol. The van der Waals surface area contributed by atoms with Gasteiger partial charge in [0.2, 0.25) is 0 Å². The first-order valence-corrected chi connectivity index (χ1v) is 7.11. The van der Waals surface area contributed by atoms with Gasteiger partial charge < -0.3 is 9.64 Å². The molecular weight excluding hydrogens is 254 g/mol. The van der Waals surface area contributed by atoms with Gasteiger partial charge in [0.25, 0.3) is 5.91 Å². The van der Waals surface area contributed by atoms with E-state index < -0.39 is 0 Å². The van der Waals surface area contributed by atoms with Crippen molar-refractivity contribution in [2.75, 3.05) is 26.7 Å². The number of benzene rings is 1. The van der Waals surface area contributed by atoms with E-state index >= 15 is 0 Å². The van der Waals surface area contributed by atoms with Crippen LogP contribution in [-0.2, 0) is 0 Å². The third kappa shape index (κ3) is 4.21. The molecule has 0 spiro atoms. The molecule has 1 aromatic carbocycles. The van der Waals surface area contributed by atoms with E-state index in [0.29, 0.717) is 12.2 Å². The number of hydrazine groups is 1. The van der Waals surface area contributed by atoms with Crippen molar-refractivity contribution in [1.82, 2.24) is 10.3 Å². The van der Waals surface area contributed by atoms with Crippen LogP contribution >= 0.6 is 0 Å². The summed E-state index contributed by atoms with van der Waals surface area (Å²) in [5.74, 6) is 6.44. The van der Waals surface area contributed by atoms with E-state index in [1.807, 2.05) is 0 Å². The molecule has 0 atom stereocenters. The van der Waals surface area contributed by atoms with Crippen LogP contribution in [0.25, 0.3) is 0 Å². The lowest BCUT2D eigenvalue weighted by Gasteiger charge is -2.30. The number of nitrogens with one attached hydrogen (secondary N) is 1. The van der Waals surface area contributed by atoms with Crippen LogP contribution in [-0.4, -0.2) is 37.6 Å². The minimum absolute atomic E-state index is 0.295. The quantitative estimate of drug-likeness (QED) is 0.449. The molecule has 0 saturated heterocycles. The average Bonchev–Trinajstić information content (AvgIpc) is 2.43. The van der Waals surface area contributed by atoms with Crippen molar-refractivity contribution in [3.8, 4) is 5.75 Å². The Morgan fingerprint density at radius 1 is 1.40 bits per heavy atom. The Balaban J connectivity index is 1.69. The molecule has 1 saturated carbocycles. The van der Waals surface area contributed by atoms with Crippen LogP contribution in [0.1, 0.15) is 29.6 Å². The molecule has 0 radical (unpaired) electrons. The molecule has 1 aliphatic rings. The molecule has 1 aliphatic carbocycles. The summed E-state index contributed by atoms with van der Waals surface area (Å²) < 4.78 is 5.67. The van der Waals surface area contributed by atoms with E-state index in [-0.39, 0.29) is 5.91 Å². The Morgan fingerprint density at radius 2 is 2.10 bits per heavy atom. The highest BCUT2D eigenvalue weighted by Crippen LogP contribution is 2.26. The van der Waals surface area contributed by atoms with E-state index in [2.05, 4.69) is 17.4 Å². The lowest BCUT2D eigenvalue weighted by Crippen LogP contribution is -2.32. The molecule has 0 heterocycles. The highest BCUT2D eigenvalue weighted by atomic mass is 16.5. The van der Waals surface area contributed by atoms with Gasteiger partial charge in [0.1, 0.15) is 12.4 Å². The number of carbonyl (C=O) groups is 1. The topological polar surface area (TPSA) is 67.6 Å². The molecule has 20 heavy (non-hydrogen) atoms. The zero-order valence-electron chi connectivity index (χ0n) is 12.0. The highest BCUT2D eigenvalue weighted by Gasteiger charge is 2.18. The number of hydrogen-bond donors (Lipinski definition) is 2. The van der Waals surface area contributed by atoms with E-state index in [4.69, 9.17) is 10.6 Å². The molecular formula is C15H23N3O2. The summed E-state index contributed by atoms with van der Waals surface area (Å²) in [7, 11) is 2.14. The third-order valence-corrected chi connectivity index (χ3v) is 3.78. The Bertz CT molecular complexity index is 429. The Labute approximate surface area is 120 Å². The Morgan fingerprint density at radius 3 is 2.65 bits per heavy atom. The van der Waals surface area contributed by atoms with Gasteiger partial charge in [0.05, 0.1) is 0 Å². The molecule has 0 aromatic heterocycles. The molecule has 1 fully saturated rings. The molecule has 5 nitrogen and oxygen atoms in total. The number of nitrogen functional groups attached to an aromatic ring is 1. The van der Waals surface area contributed by atoms with Gasteiger partial charge in [-0.25, -0.2) is 5.84 Å². The van der Waals surface area contributed by atoms with Crippen molar-refractivity contribution in [1.29, 1.82) is 0 Å². The predicted octanol–water partition coefficient (Wildman–Crippen LogP) is 1.40. The normalized spacial score (nSPS) is 14.9. The Hall–Kier alpha value is -1.59. The van der Waals surface area contributed by atoms with Gasteiger partial charge in [-0.3, -0.25) is 10.2 Å². The highest BCUT2D eigenvalue weighted by molar-refractivity contribution is 5.93. The lowest BCUT2D eigenvalue weighted by molar-refractivity contribution is 0.0953. The molecule has 0 bridgehead atoms. The second-order valence-corrected chi connectivity index (χ2v) is 5.41. The van der Waals surface area contributed by atoms with E-state index in [1.165, 1.54) is 25.8 Å². The van der Waals surface area contributed by atoms with Gasteiger partial charge >= 0.3 is 0 Å². The maximum absolute atomic E-state index is 11.3. The number of nitrogens with two attached hydrogens (primary N) is 1. The first-order chi connectivity index (χ1) is 9.69. The monoisotopic (exact) mass is 277 g/mol. The van der Waals surface area contributed by atoms with Crippen LogP contribution in [0.4, 0.5) is 0 Å². The zero-order chi connectivity index (χ0) is 14.4. The fourth-order valence-corrected chi connectivity index (χ4v) is 2.31. The number of likely N-dealkylation sites (N-methyl/N-ethyl adjacent to an activating group) is 1. The van der Waals surface area contributed by atoms with Gasteiger partial charge in [-0.1, -0.05) is 6.42 Å². The van der Waals surface area contributed by atoms with Crippen molar-refractivity contribution in [3.05, 3.63) is 29.8 Å². The van der Waals surface area contributed by atoms with Gasteiger partial charge in [-0.2, -0.15) is 0 Å². The summed E-state index contributed by atoms with van der Waals surface area (Å²) in [5.41, 5.74) is 2.63. The number of hydrogen-bond acceptors (Lipinski definition) is 4. The van der Waals surface area contributed by atoms with Crippen LogP contribution in [0.15, 0.2) is 24.3 Å². The molecule has 0 aliphatic heterocycles. The van der Waals surface area contributed by atoms with Crippen LogP contribution in [0.2, 0.25) is 0 Å². The number of carbonyl (C=O) groups excluding carboxylic acids is 1. The maximum atomic E-state index is 11.3. The molecule has 3 N–H and O–H groups in total. The maximum Gasteiger partial charge on any atom is 0.265 e. The van der Waals surface area contributed by atoms with Crippen molar-refractivity contribution in [2.45, 2.75) is 19.3 Å². The standard InChI is InChI=1S/C15H23N3O2/c1-18(11-12-3-2-4-12)9-10-20-14-7-5-13(6-8-14)15(19)17-16/h5-8,12H,2-4,9-11,16H2,1H3,(H,17,19). The number of ether oxygens (including phenoxy) is 1. The summed E-state index contributed by atoms with van der Waals surface area (Å²) in [6.07, 6.45) is 4.13. The largest absolute Gasteiger partial charge is 0.492 e. The molecule has 2 rings (SSSR count). The van der Waals surface area contributed by atoms with Crippen LogP contribution < -0.4 is 16.0 Å². The third-order valence-electron chi connectivity index (χ3n) is 3.78. The van der Waals surface area contributed by atoms with Crippen molar-refractivity contribution < 1.29 is 9.53 Å². The SMILES string of the molecule is CN(CCOc1ccc(C(=O)NN)cc1)CC1CCC1. The molecule has 1 aromatic rings. The first kappa shape index (κ1) is 14.8. The van der Waals surface area contributed by atoms with Crippen LogP contribution in [0.5, 0.6) is 5.75 Å². The van der Waals surface area contributed by atoms with Crippen molar-refractivity contribution in [3.63, 3.8) is 0 Å². The van der Waals surface area contributed by atoms with Crippen molar-refractivity contribution >= 4 is 5.91 Å². The fourth-order valence-electron chi connectivity index (χ4n) is 2.31. The van der Waals surface area contributed by atoms with E-state index in [1.54, 1.807) is 24.3 Å². The lowest BCUT2D eigenvalue weighted by atomic mass is 9.85. The number of amides is 1. The molecule has 110 valence electrons. The smallest absolute Gasteiger partial charge is 0.265 e. The molecule has 0 unspecified atom stereocenters. The number of rotatable bonds is 7. The van der Waals surface area contributed by atoms with Gasteiger partial charge in [-0.15, -0.1) is 0 Å². The minimum atomic E-state index is -0.295. The molecule has 1 amide bonds. The van der Waals surface area contributed by atoms with Gasteiger partial charge in [0.15, 0.2) is 0 Å². The van der Waals surface area contributed by atoms with Gasteiger partial charge in [-0.05, 0) is 50.1 Å². The summed E-state index contributed by atoms with van der Waals surface area (Å²) in [4.78, 5) is 13.6. The predicted molar refractivity (Wildman–Crippen MR) is 78.4 cm³/mol. The fraction of sp³-hybridized carbons (Fsp3) is 0.533. The van der Waals surface area contributed by atoms with Crippen molar-refractivity contribution in [2.24, 2.45) is 11.8 Å². The minimum Gasteiger partial charge on any atom is -0.492 e. The van der Waals surface area contributed by atoms with Gasteiger partial charge in [0, 0.05) is 18.7 Å². The zero-order valence-corrected chi connectivity index (χ0v) is 12.0. The summed E-state index contributed by atoms with van der Waals surface area (Å²) in [5, 5.41) is 0. The van der Waals surface area contributed by atoms with Crippen LogP contribution in [0, 0.1) is 5.92 Å². The molecule has 5 heteroatoms. The Kier molecular flexibility index (Phi) is 5.38. The number of nitrogens with zero attached hydrogens (tertiary/aromatic N) is 1. The van der Waals surface area contributed by atoms with E-state index in [0.717, 1.165) is 18.2 Å². The summed E-state index contributed by atoms with van der Waals surface area (Å²) >= 11 is 0. The summed E-state index contributed by atoms with van der Waals surface area (Å²) in [6, 6.07) is 6.98. The first-order valence-electron chi connectivity index (χ1n) is 7.11. The second kappa shape index (κ2) is 7.26.